The molecule has 1 atom stereocenters. The number of halogens is 2. The number of aliphatic hydroxyl groups is 2. The zero-order chi connectivity index (χ0) is 23.4. The van der Waals surface area contributed by atoms with Crippen molar-refractivity contribution in [1.82, 2.24) is 15.0 Å². The number of aromatic amines is 1. The molecule has 170 valence electrons. The lowest BCUT2D eigenvalue weighted by molar-refractivity contribution is 0.0534. The van der Waals surface area contributed by atoms with Crippen molar-refractivity contribution in [2.24, 2.45) is 0 Å². The summed E-state index contributed by atoms with van der Waals surface area (Å²) in [6.07, 6.45) is -2.40. The molecule has 2 aromatic heterocycles. The summed E-state index contributed by atoms with van der Waals surface area (Å²) >= 11 is 0. The van der Waals surface area contributed by atoms with E-state index in [4.69, 9.17) is 9.84 Å². The molecule has 0 fully saturated rings. The Labute approximate surface area is 186 Å². The third-order valence-corrected chi connectivity index (χ3v) is 4.83. The Bertz CT molecular complexity index is 1260. The molecule has 0 aliphatic heterocycles. The molecule has 0 radical (unpaired) electrons. The van der Waals surface area contributed by atoms with Gasteiger partial charge in [-0.3, -0.25) is 4.79 Å². The number of hydrogen-bond acceptors (Lipinski definition) is 6. The minimum atomic E-state index is -2.83. The number of alkyl halides is 2. The second-order valence-electron chi connectivity index (χ2n) is 7.15. The number of carbonyl (C=O) groups excluding carboxylic acids is 1. The van der Waals surface area contributed by atoms with Gasteiger partial charge in [0.2, 0.25) is 0 Å². The van der Waals surface area contributed by atoms with E-state index in [0.717, 1.165) is 6.07 Å². The van der Waals surface area contributed by atoms with E-state index in [1.54, 1.807) is 42.6 Å². The Morgan fingerprint density at radius 1 is 1.15 bits per heavy atom. The third-order valence-electron chi connectivity index (χ3n) is 4.83. The topological polar surface area (TPSA) is 120 Å². The van der Waals surface area contributed by atoms with Crippen LogP contribution in [-0.2, 0) is 0 Å². The second-order valence-corrected chi connectivity index (χ2v) is 7.15. The van der Waals surface area contributed by atoms with Gasteiger partial charge in [0.1, 0.15) is 35.6 Å². The number of rotatable bonds is 8. The van der Waals surface area contributed by atoms with Crippen LogP contribution in [0.3, 0.4) is 0 Å². The number of ether oxygens (including phenoxy) is 1. The van der Waals surface area contributed by atoms with Crippen LogP contribution >= 0.6 is 0 Å². The first-order valence-electron chi connectivity index (χ1n) is 10.0. The fourth-order valence-corrected chi connectivity index (χ4v) is 3.24. The number of hydrogen-bond donors (Lipinski definition) is 4. The summed E-state index contributed by atoms with van der Waals surface area (Å²) in [7, 11) is 0. The Morgan fingerprint density at radius 2 is 2.00 bits per heavy atom. The van der Waals surface area contributed by atoms with E-state index in [2.05, 4.69) is 20.3 Å². The van der Waals surface area contributed by atoms with Crippen molar-refractivity contribution in [3.05, 3.63) is 71.9 Å². The zero-order valence-corrected chi connectivity index (χ0v) is 17.2. The minimum absolute atomic E-state index is 0.119. The van der Waals surface area contributed by atoms with Gasteiger partial charge in [0.15, 0.2) is 0 Å². The maximum Gasteiger partial charge on any atom is 0.264 e. The summed E-state index contributed by atoms with van der Waals surface area (Å²) in [5, 5.41) is 21.0. The highest BCUT2D eigenvalue weighted by Crippen LogP contribution is 2.34. The first-order chi connectivity index (χ1) is 16.0. The quantitative estimate of drug-likeness (QED) is 0.323. The van der Waals surface area contributed by atoms with Crippen LogP contribution in [0.15, 0.2) is 60.8 Å². The van der Waals surface area contributed by atoms with Gasteiger partial charge < -0.3 is 25.3 Å². The number of fused-ring (bicyclic) bond motifs is 1. The van der Waals surface area contributed by atoms with Gasteiger partial charge in [-0.2, -0.15) is 0 Å². The fourth-order valence-electron chi connectivity index (χ4n) is 3.24. The van der Waals surface area contributed by atoms with E-state index in [1.165, 1.54) is 12.1 Å². The van der Waals surface area contributed by atoms with Crippen LogP contribution < -0.4 is 10.1 Å². The SMILES string of the molecule is O=C(Nc1ccccn1)c1cccc2[nH]c(-c3ccc(OCC(O)CO)cc3C(F)F)nc12. The molecule has 0 aliphatic rings. The number of carbonyl (C=O) groups is 1. The molecule has 0 spiro atoms. The van der Waals surface area contributed by atoms with Crippen LogP contribution in [-0.4, -0.2) is 50.4 Å². The first kappa shape index (κ1) is 22.3. The average Bonchev–Trinajstić information content (AvgIpc) is 3.27. The average molecular weight is 454 g/mol. The van der Waals surface area contributed by atoms with E-state index in [1.807, 2.05) is 0 Å². The van der Waals surface area contributed by atoms with Crippen molar-refractivity contribution >= 4 is 22.8 Å². The summed E-state index contributed by atoms with van der Waals surface area (Å²) < 4.78 is 32.9. The molecule has 10 heteroatoms. The highest BCUT2D eigenvalue weighted by atomic mass is 19.3. The zero-order valence-electron chi connectivity index (χ0n) is 17.2. The van der Waals surface area contributed by atoms with E-state index in [-0.39, 0.29) is 34.9 Å². The standard InChI is InChI=1S/C23H20F2N4O4/c24-21(25)17-10-14(33-12-13(31)11-30)7-8-15(17)22-27-18-5-3-4-16(20(18)29-22)23(32)28-19-6-1-2-9-26-19/h1-10,13,21,30-31H,11-12H2,(H,27,29)(H,26,28,32). The smallest absolute Gasteiger partial charge is 0.264 e. The molecule has 33 heavy (non-hydrogen) atoms. The van der Waals surface area contributed by atoms with Crippen LogP contribution in [0.4, 0.5) is 14.6 Å². The van der Waals surface area contributed by atoms with Crippen molar-refractivity contribution in [3.8, 4) is 17.1 Å². The van der Waals surface area contributed by atoms with Gasteiger partial charge in [-0.1, -0.05) is 12.1 Å². The van der Waals surface area contributed by atoms with Gasteiger partial charge in [0.25, 0.3) is 12.3 Å². The van der Waals surface area contributed by atoms with Gasteiger partial charge in [0, 0.05) is 17.3 Å². The molecule has 2 aromatic carbocycles. The maximum atomic E-state index is 13.8. The van der Waals surface area contributed by atoms with Crippen LogP contribution in [0.1, 0.15) is 22.3 Å². The molecule has 0 aliphatic carbocycles. The Balaban J connectivity index is 1.67. The van der Waals surface area contributed by atoms with Gasteiger partial charge in [-0.25, -0.2) is 18.7 Å². The van der Waals surface area contributed by atoms with E-state index in [9.17, 15) is 18.7 Å². The van der Waals surface area contributed by atoms with Crippen molar-refractivity contribution in [1.29, 1.82) is 0 Å². The molecule has 0 saturated heterocycles. The lowest BCUT2D eigenvalue weighted by atomic mass is 10.1. The lowest BCUT2D eigenvalue weighted by Crippen LogP contribution is -2.21. The number of benzene rings is 2. The van der Waals surface area contributed by atoms with Crippen LogP contribution in [0, 0.1) is 0 Å². The molecule has 4 rings (SSSR count). The van der Waals surface area contributed by atoms with Gasteiger partial charge in [0.05, 0.1) is 17.7 Å². The second kappa shape index (κ2) is 9.72. The molecule has 2 heterocycles. The van der Waals surface area contributed by atoms with E-state index >= 15 is 0 Å². The fraction of sp³-hybridized carbons (Fsp3) is 0.174. The molecule has 4 aromatic rings. The first-order valence-corrected chi connectivity index (χ1v) is 10.0. The van der Waals surface area contributed by atoms with Crippen LogP contribution in [0.25, 0.3) is 22.4 Å². The third kappa shape index (κ3) is 4.97. The summed E-state index contributed by atoms with van der Waals surface area (Å²) in [6, 6.07) is 14.1. The normalized spacial score (nSPS) is 12.2. The molecule has 1 unspecified atom stereocenters. The highest BCUT2D eigenvalue weighted by molar-refractivity contribution is 6.11. The van der Waals surface area contributed by atoms with Crippen molar-refractivity contribution < 1.29 is 28.5 Å². The van der Waals surface area contributed by atoms with Crippen molar-refractivity contribution in [2.45, 2.75) is 12.5 Å². The maximum absolute atomic E-state index is 13.8. The summed E-state index contributed by atoms with van der Waals surface area (Å²) in [4.78, 5) is 24.2. The van der Waals surface area contributed by atoms with Crippen molar-refractivity contribution in [3.63, 3.8) is 0 Å². The highest BCUT2D eigenvalue weighted by Gasteiger charge is 2.20. The van der Waals surface area contributed by atoms with E-state index in [0.29, 0.717) is 16.9 Å². The predicted octanol–water partition coefficient (Wildman–Crippen LogP) is 3.55. The minimum Gasteiger partial charge on any atom is -0.491 e. The Morgan fingerprint density at radius 3 is 2.73 bits per heavy atom. The number of H-pyrrole nitrogens is 1. The molecule has 0 bridgehead atoms. The number of nitrogens with zero attached hydrogens (tertiary/aromatic N) is 2. The molecule has 0 saturated carbocycles. The summed E-state index contributed by atoms with van der Waals surface area (Å²) in [5.41, 5.74) is 0.909. The number of aromatic nitrogens is 3. The molecule has 4 N–H and O–H groups in total. The summed E-state index contributed by atoms with van der Waals surface area (Å²) in [6.45, 7) is -0.743. The Hall–Kier alpha value is -3.89. The van der Waals surface area contributed by atoms with Gasteiger partial charge >= 0.3 is 0 Å². The van der Waals surface area contributed by atoms with Crippen molar-refractivity contribution in [2.75, 3.05) is 18.5 Å². The summed E-state index contributed by atoms with van der Waals surface area (Å²) in [5.74, 6) is 0.225. The Kier molecular flexibility index (Phi) is 6.57. The molecule has 1 amide bonds. The van der Waals surface area contributed by atoms with Gasteiger partial charge in [-0.05, 0) is 42.5 Å². The number of imidazole rings is 1. The monoisotopic (exact) mass is 454 g/mol. The lowest BCUT2D eigenvalue weighted by Gasteiger charge is -2.13. The predicted molar refractivity (Wildman–Crippen MR) is 117 cm³/mol. The number of amides is 1. The molecular weight excluding hydrogens is 434 g/mol. The van der Waals surface area contributed by atoms with Crippen LogP contribution in [0.5, 0.6) is 5.75 Å². The molecular formula is C23H20F2N4O4. The number of aliphatic hydroxyl groups excluding tert-OH is 2. The van der Waals surface area contributed by atoms with E-state index < -0.39 is 25.0 Å². The van der Waals surface area contributed by atoms with Gasteiger partial charge in [-0.15, -0.1) is 0 Å². The van der Waals surface area contributed by atoms with Crippen LogP contribution in [0.2, 0.25) is 0 Å². The number of pyridine rings is 1. The number of para-hydroxylation sites is 1. The number of nitrogens with one attached hydrogen (secondary N) is 2. The number of anilines is 1. The molecule has 8 nitrogen and oxygen atoms in total. The largest absolute Gasteiger partial charge is 0.491 e.